The highest BCUT2D eigenvalue weighted by molar-refractivity contribution is 6.31. The van der Waals surface area contributed by atoms with Crippen molar-refractivity contribution in [2.75, 3.05) is 39.9 Å². The van der Waals surface area contributed by atoms with Gasteiger partial charge >= 0.3 is 0 Å². The lowest BCUT2D eigenvalue weighted by atomic mass is 10.1. The second-order valence-electron chi connectivity index (χ2n) is 6.52. The Bertz CT molecular complexity index is 754. The molecule has 144 valence electrons. The summed E-state index contributed by atoms with van der Waals surface area (Å²) < 4.78 is 11.1. The highest BCUT2D eigenvalue weighted by atomic mass is 35.5. The fourth-order valence-electron chi connectivity index (χ4n) is 3.23. The number of nitrogens with one attached hydrogen (secondary N) is 1. The zero-order valence-electron chi connectivity index (χ0n) is 15.5. The Labute approximate surface area is 165 Å². The Hall–Kier alpha value is -2.08. The second-order valence-corrected chi connectivity index (χ2v) is 6.96. The molecule has 1 N–H and O–H groups in total. The van der Waals surface area contributed by atoms with Crippen molar-refractivity contribution in [3.05, 3.63) is 64.7 Å². The van der Waals surface area contributed by atoms with Gasteiger partial charge in [0.2, 0.25) is 0 Å². The van der Waals surface area contributed by atoms with Crippen molar-refractivity contribution in [2.45, 2.75) is 12.5 Å². The van der Waals surface area contributed by atoms with Crippen molar-refractivity contribution in [1.82, 2.24) is 10.2 Å². The third kappa shape index (κ3) is 5.45. The minimum atomic E-state index is -0.168. The predicted molar refractivity (Wildman–Crippen MR) is 107 cm³/mol. The van der Waals surface area contributed by atoms with Crippen LogP contribution in [-0.4, -0.2) is 50.7 Å². The van der Waals surface area contributed by atoms with Gasteiger partial charge in [-0.15, -0.1) is 0 Å². The number of hydrogen-bond acceptors (Lipinski definition) is 4. The van der Waals surface area contributed by atoms with Crippen molar-refractivity contribution in [3.8, 4) is 5.75 Å². The van der Waals surface area contributed by atoms with Crippen LogP contribution in [0, 0.1) is 0 Å². The van der Waals surface area contributed by atoms with E-state index in [0.29, 0.717) is 22.9 Å². The standard InChI is InChI=1S/C21H25ClN2O3/c1-26-19-9-8-17(22)14-18(19)21(25)23-10-5-11-24-12-13-27-20(15-24)16-6-3-2-4-7-16/h2-4,6-9,14,20H,5,10-13,15H2,1H3,(H,23,25)/t20-/m1/s1. The quantitative estimate of drug-likeness (QED) is 0.737. The van der Waals surface area contributed by atoms with E-state index in [1.165, 1.54) is 5.56 Å². The normalized spacial score (nSPS) is 17.5. The molecular weight excluding hydrogens is 364 g/mol. The first kappa shape index (κ1) is 19.7. The van der Waals surface area contributed by atoms with Crippen LogP contribution in [0.15, 0.2) is 48.5 Å². The molecule has 0 unspecified atom stereocenters. The number of hydrogen-bond donors (Lipinski definition) is 1. The summed E-state index contributed by atoms with van der Waals surface area (Å²) in [6.07, 6.45) is 0.987. The van der Waals surface area contributed by atoms with Gasteiger partial charge in [-0.1, -0.05) is 41.9 Å². The summed E-state index contributed by atoms with van der Waals surface area (Å²) in [7, 11) is 1.54. The highest BCUT2D eigenvalue weighted by Crippen LogP contribution is 2.23. The second kappa shape index (κ2) is 9.74. The summed E-state index contributed by atoms with van der Waals surface area (Å²) >= 11 is 5.99. The number of carbonyl (C=O) groups is 1. The largest absolute Gasteiger partial charge is 0.496 e. The third-order valence-corrected chi connectivity index (χ3v) is 4.90. The van der Waals surface area contributed by atoms with Crippen LogP contribution in [-0.2, 0) is 4.74 Å². The van der Waals surface area contributed by atoms with E-state index < -0.39 is 0 Å². The molecule has 1 fully saturated rings. The molecule has 0 radical (unpaired) electrons. The summed E-state index contributed by atoms with van der Waals surface area (Å²) in [6.45, 7) is 4.03. The van der Waals surface area contributed by atoms with Gasteiger partial charge in [-0.2, -0.15) is 0 Å². The number of halogens is 1. The Kier molecular flexibility index (Phi) is 7.10. The van der Waals surface area contributed by atoms with Gasteiger partial charge in [0.1, 0.15) is 5.75 Å². The van der Waals surface area contributed by atoms with Crippen molar-refractivity contribution < 1.29 is 14.3 Å². The summed E-state index contributed by atoms with van der Waals surface area (Å²) in [5.74, 6) is 0.356. The minimum absolute atomic E-state index is 0.116. The van der Waals surface area contributed by atoms with Gasteiger partial charge in [0.25, 0.3) is 5.91 Å². The number of methoxy groups -OCH3 is 1. The molecule has 5 nitrogen and oxygen atoms in total. The van der Waals surface area contributed by atoms with Crippen molar-refractivity contribution in [1.29, 1.82) is 0 Å². The first-order valence-electron chi connectivity index (χ1n) is 9.18. The van der Waals surface area contributed by atoms with Gasteiger partial charge in [0, 0.05) is 31.2 Å². The highest BCUT2D eigenvalue weighted by Gasteiger charge is 2.21. The van der Waals surface area contributed by atoms with Crippen molar-refractivity contribution in [2.24, 2.45) is 0 Å². The van der Waals surface area contributed by atoms with E-state index in [4.69, 9.17) is 21.1 Å². The molecule has 0 saturated carbocycles. The van der Waals surface area contributed by atoms with Gasteiger partial charge in [-0.25, -0.2) is 0 Å². The fraction of sp³-hybridized carbons (Fsp3) is 0.381. The third-order valence-electron chi connectivity index (χ3n) is 4.66. The molecule has 0 aliphatic carbocycles. The maximum atomic E-state index is 12.4. The van der Waals surface area contributed by atoms with E-state index in [9.17, 15) is 4.79 Å². The zero-order chi connectivity index (χ0) is 19.1. The van der Waals surface area contributed by atoms with Crippen molar-refractivity contribution >= 4 is 17.5 Å². The van der Waals surface area contributed by atoms with Crippen LogP contribution < -0.4 is 10.1 Å². The Morgan fingerprint density at radius 1 is 1.30 bits per heavy atom. The molecule has 1 heterocycles. The number of nitrogens with zero attached hydrogens (tertiary/aromatic N) is 1. The van der Waals surface area contributed by atoms with Gasteiger partial charge in [0.05, 0.1) is 25.4 Å². The molecule has 2 aromatic rings. The maximum Gasteiger partial charge on any atom is 0.255 e. The number of morpholine rings is 1. The van der Waals surface area contributed by atoms with Gasteiger partial charge in [-0.05, 0) is 30.2 Å². The number of rotatable bonds is 7. The lowest BCUT2D eigenvalue weighted by Crippen LogP contribution is -2.39. The predicted octanol–water partition coefficient (Wildman–Crippen LogP) is 3.54. The SMILES string of the molecule is COc1ccc(Cl)cc1C(=O)NCCCN1CCO[C@@H](c2ccccc2)C1. The van der Waals surface area contributed by atoms with Gasteiger partial charge < -0.3 is 14.8 Å². The molecule has 0 bridgehead atoms. The van der Waals surface area contributed by atoms with Crippen LogP contribution in [0.25, 0.3) is 0 Å². The molecule has 1 aliphatic heterocycles. The average Bonchev–Trinajstić information content (AvgIpc) is 2.72. The molecular formula is C21H25ClN2O3. The molecule has 6 heteroatoms. The zero-order valence-corrected chi connectivity index (χ0v) is 16.2. The molecule has 27 heavy (non-hydrogen) atoms. The molecule has 2 aromatic carbocycles. The molecule has 3 rings (SSSR count). The Balaban J connectivity index is 1.45. The first-order chi connectivity index (χ1) is 13.2. The molecule has 1 aliphatic rings. The first-order valence-corrected chi connectivity index (χ1v) is 9.56. The smallest absolute Gasteiger partial charge is 0.255 e. The van der Waals surface area contributed by atoms with E-state index in [1.807, 2.05) is 18.2 Å². The average molecular weight is 389 g/mol. The van der Waals surface area contributed by atoms with E-state index in [1.54, 1.807) is 25.3 Å². The minimum Gasteiger partial charge on any atom is -0.496 e. The lowest BCUT2D eigenvalue weighted by molar-refractivity contribution is -0.0301. The van der Waals surface area contributed by atoms with Crippen LogP contribution in [0.3, 0.4) is 0 Å². The molecule has 1 amide bonds. The summed E-state index contributed by atoms with van der Waals surface area (Å²) in [5.41, 5.74) is 1.67. The Morgan fingerprint density at radius 2 is 2.11 bits per heavy atom. The Morgan fingerprint density at radius 3 is 2.89 bits per heavy atom. The maximum absolute atomic E-state index is 12.4. The molecule has 1 atom stereocenters. The van der Waals surface area contributed by atoms with E-state index in [0.717, 1.165) is 32.7 Å². The number of ether oxygens (including phenoxy) is 2. The molecule has 0 aromatic heterocycles. The summed E-state index contributed by atoms with van der Waals surface area (Å²) in [4.78, 5) is 14.8. The van der Waals surface area contributed by atoms with Crippen LogP contribution in [0.5, 0.6) is 5.75 Å². The topological polar surface area (TPSA) is 50.8 Å². The van der Waals surface area contributed by atoms with Gasteiger partial charge in [-0.3, -0.25) is 9.69 Å². The summed E-state index contributed by atoms with van der Waals surface area (Å²) in [6, 6.07) is 15.3. The van der Waals surface area contributed by atoms with Crippen LogP contribution >= 0.6 is 11.6 Å². The van der Waals surface area contributed by atoms with Crippen LogP contribution in [0.1, 0.15) is 28.4 Å². The van der Waals surface area contributed by atoms with E-state index in [2.05, 4.69) is 22.3 Å². The fourth-order valence-corrected chi connectivity index (χ4v) is 3.40. The van der Waals surface area contributed by atoms with Crippen molar-refractivity contribution in [3.63, 3.8) is 0 Å². The number of carbonyl (C=O) groups excluding carboxylic acids is 1. The molecule has 0 spiro atoms. The van der Waals surface area contributed by atoms with E-state index >= 15 is 0 Å². The van der Waals surface area contributed by atoms with Gasteiger partial charge in [0.15, 0.2) is 0 Å². The van der Waals surface area contributed by atoms with Crippen LogP contribution in [0.4, 0.5) is 0 Å². The number of amides is 1. The monoisotopic (exact) mass is 388 g/mol. The van der Waals surface area contributed by atoms with E-state index in [-0.39, 0.29) is 12.0 Å². The number of benzene rings is 2. The van der Waals surface area contributed by atoms with Crippen LogP contribution in [0.2, 0.25) is 5.02 Å². The lowest BCUT2D eigenvalue weighted by Gasteiger charge is -2.33. The molecule has 1 saturated heterocycles. The summed E-state index contributed by atoms with van der Waals surface area (Å²) in [5, 5.41) is 3.46.